The molecule has 1 aromatic rings. The lowest BCUT2D eigenvalue weighted by molar-refractivity contribution is -0.385. The number of rotatable bonds is 4. The van der Waals surface area contributed by atoms with Crippen molar-refractivity contribution in [2.75, 3.05) is 11.6 Å². The van der Waals surface area contributed by atoms with E-state index in [0.717, 1.165) is 18.6 Å². The number of benzene rings is 1. The van der Waals surface area contributed by atoms with Crippen molar-refractivity contribution in [1.82, 2.24) is 0 Å². The van der Waals surface area contributed by atoms with Crippen LogP contribution in [0.5, 0.6) is 0 Å². The molecule has 0 saturated heterocycles. The van der Waals surface area contributed by atoms with Gasteiger partial charge in [0.15, 0.2) is 9.84 Å². The lowest BCUT2D eigenvalue weighted by Crippen LogP contribution is -2.34. The van der Waals surface area contributed by atoms with E-state index in [0.29, 0.717) is 12.8 Å². The summed E-state index contributed by atoms with van der Waals surface area (Å²) in [6, 6.07) is 2.82. The molecule has 2 atom stereocenters. The zero-order chi connectivity index (χ0) is 14.9. The SMILES string of the molecule is CS(=O)(=O)C1CCCC1Nc1cc(F)cc([N+](=O)[O-])c1. The first-order chi connectivity index (χ1) is 9.27. The monoisotopic (exact) mass is 302 g/mol. The summed E-state index contributed by atoms with van der Waals surface area (Å²) >= 11 is 0. The summed E-state index contributed by atoms with van der Waals surface area (Å²) < 4.78 is 36.6. The van der Waals surface area contributed by atoms with Crippen LogP contribution in [0, 0.1) is 15.9 Å². The Morgan fingerprint density at radius 2 is 2.05 bits per heavy atom. The quantitative estimate of drug-likeness (QED) is 0.679. The third-order valence-corrected chi connectivity index (χ3v) is 5.11. The zero-order valence-electron chi connectivity index (χ0n) is 10.9. The number of anilines is 1. The molecule has 1 N–H and O–H groups in total. The smallest absolute Gasteiger partial charge is 0.274 e. The standard InChI is InChI=1S/C12H15FN2O4S/c1-20(18,19)12-4-2-3-11(12)14-9-5-8(13)6-10(7-9)15(16)17/h5-7,11-12,14H,2-4H2,1H3. The molecule has 1 aliphatic rings. The molecular weight excluding hydrogens is 287 g/mol. The molecule has 20 heavy (non-hydrogen) atoms. The van der Waals surface area contributed by atoms with E-state index in [1.807, 2.05) is 0 Å². The molecule has 0 bridgehead atoms. The number of nitro benzene ring substituents is 1. The highest BCUT2D eigenvalue weighted by Gasteiger charge is 2.34. The van der Waals surface area contributed by atoms with Crippen LogP contribution in [0.1, 0.15) is 19.3 Å². The molecule has 0 radical (unpaired) electrons. The van der Waals surface area contributed by atoms with Crippen molar-refractivity contribution in [3.63, 3.8) is 0 Å². The van der Waals surface area contributed by atoms with Gasteiger partial charge in [-0.2, -0.15) is 0 Å². The molecule has 1 aromatic carbocycles. The van der Waals surface area contributed by atoms with Crippen LogP contribution in [-0.4, -0.2) is 30.9 Å². The number of sulfone groups is 1. The second-order valence-electron chi connectivity index (χ2n) is 5.00. The normalized spacial score (nSPS) is 22.7. The summed E-state index contributed by atoms with van der Waals surface area (Å²) in [5.74, 6) is -0.726. The Morgan fingerprint density at radius 3 is 2.65 bits per heavy atom. The van der Waals surface area contributed by atoms with Crippen LogP contribution in [0.25, 0.3) is 0 Å². The van der Waals surface area contributed by atoms with Crippen LogP contribution in [-0.2, 0) is 9.84 Å². The van der Waals surface area contributed by atoms with Gasteiger partial charge in [-0.25, -0.2) is 12.8 Å². The van der Waals surface area contributed by atoms with Crippen molar-refractivity contribution in [1.29, 1.82) is 0 Å². The summed E-state index contributed by atoms with van der Waals surface area (Å²) in [6.07, 6.45) is 3.12. The molecule has 0 amide bonds. The fourth-order valence-electron chi connectivity index (χ4n) is 2.58. The van der Waals surface area contributed by atoms with E-state index in [2.05, 4.69) is 5.32 Å². The third-order valence-electron chi connectivity index (χ3n) is 3.45. The second-order valence-corrected chi connectivity index (χ2v) is 7.27. The average molecular weight is 302 g/mol. The van der Waals surface area contributed by atoms with Crippen LogP contribution in [0.4, 0.5) is 15.8 Å². The van der Waals surface area contributed by atoms with Gasteiger partial charge in [0.05, 0.1) is 16.2 Å². The Kier molecular flexibility index (Phi) is 3.94. The molecule has 2 unspecified atom stereocenters. The van der Waals surface area contributed by atoms with Crippen LogP contribution >= 0.6 is 0 Å². The minimum Gasteiger partial charge on any atom is -0.381 e. The van der Waals surface area contributed by atoms with Crippen molar-refractivity contribution >= 4 is 21.2 Å². The fraction of sp³-hybridized carbons (Fsp3) is 0.500. The molecule has 110 valence electrons. The van der Waals surface area contributed by atoms with Crippen molar-refractivity contribution in [2.24, 2.45) is 0 Å². The molecule has 0 aliphatic heterocycles. The van der Waals surface area contributed by atoms with E-state index in [9.17, 15) is 22.9 Å². The van der Waals surface area contributed by atoms with Gasteiger partial charge < -0.3 is 5.32 Å². The van der Waals surface area contributed by atoms with Crippen molar-refractivity contribution < 1.29 is 17.7 Å². The first-order valence-corrected chi connectivity index (χ1v) is 8.13. The summed E-state index contributed by atoms with van der Waals surface area (Å²) in [4.78, 5) is 10.00. The third kappa shape index (κ3) is 3.24. The maximum absolute atomic E-state index is 13.3. The van der Waals surface area contributed by atoms with E-state index in [-0.39, 0.29) is 17.4 Å². The average Bonchev–Trinajstić information content (AvgIpc) is 2.75. The van der Waals surface area contributed by atoms with Gasteiger partial charge in [-0.1, -0.05) is 0 Å². The van der Waals surface area contributed by atoms with Crippen LogP contribution in [0.15, 0.2) is 18.2 Å². The number of non-ortho nitro benzene ring substituents is 1. The highest BCUT2D eigenvalue weighted by atomic mass is 32.2. The first-order valence-electron chi connectivity index (χ1n) is 6.18. The maximum Gasteiger partial charge on any atom is 0.274 e. The highest BCUT2D eigenvalue weighted by Crippen LogP contribution is 2.29. The van der Waals surface area contributed by atoms with Crippen LogP contribution < -0.4 is 5.32 Å². The molecule has 2 rings (SSSR count). The second kappa shape index (κ2) is 5.35. The number of halogens is 1. The predicted octanol–water partition coefficient (Wildman–Crippen LogP) is 2.11. The zero-order valence-corrected chi connectivity index (χ0v) is 11.7. The first kappa shape index (κ1) is 14.7. The van der Waals surface area contributed by atoms with E-state index >= 15 is 0 Å². The summed E-state index contributed by atoms with van der Waals surface area (Å²) in [5.41, 5.74) is -0.126. The number of nitro groups is 1. The molecule has 1 fully saturated rings. The van der Waals surface area contributed by atoms with Gasteiger partial charge in [-0.3, -0.25) is 10.1 Å². The van der Waals surface area contributed by atoms with Gasteiger partial charge in [-0.15, -0.1) is 0 Å². The number of hydrogen-bond donors (Lipinski definition) is 1. The van der Waals surface area contributed by atoms with Gasteiger partial charge in [0.1, 0.15) is 5.82 Å². The molecule has 0 heterocycles. The Morgan fingerprint density at radius 1 is 1.35 bits per heavy atom. The van der Waals surface area contributed by atoms with E-state index in [4.69, 9.17) is 0 Å². The number of nitrogens with one attached hydrogen (secondary N) is 1. The van der Waals surface area contributed by atoms with Gasteiger partial charge >= 0.3 is 0 Å². The molecule has 0 spiro atoms. The fourth-order valence-corrected chi connectivity index (χ4v) is 3.98. The maximum atomic E-state index is 13.3. The Hall–Kier alpha value is -1.70. The molecule has 0 aromatic heterocycles. The lowest BCUT2D eigenvalue weighted by Gasteiger charge is -2.20. The van der Waals surface area contributed by atoms with Crippen molar-refractivity contribution in [3.05, 3.63) is 34.1 Å². The molecule has 1 saturated carbocycles. The van der Waals surface area contributed by atoms with Gasteiger partial charge in [-0.05, 0) is 25.3 Å². The summed E-state index contributed by atoms with van der Waals surface area (Å²) in [7, 11) is -3.20. The van der Waals surface area contributed by atoms with Gasteiger partial charge in [0, 0.05) is 24.1 Å². The Balaban J connectivity index is 2.24. The van der Waals surface area contributed by atoms with Gasteiger partial charge in [0.25, 0.3) is 5.69 Å². The topological polar surface area (TPSA) is 89.3 Å². The largest absolute Gasteiger partial charge is 0.381 e. The van der Waals surface area contributed by atoms with E-state index in [1.54, 1.807) is 0 Å². The predicted molar refractivity (Wildman–Crippen MR) is 72.9 cm³/mol. The molecule has 8 heteroatoms. The summed E-state index contributed by atoms with van der Waals surface area (Å²) in [6.45, 7) is 0. The molecule has 1 aliphatic carbocycles. The van der Waals surface area contributed by atoms with Crippen LogP contribution in [0.3, 0.4) is 0 Å². The minimum atomic E-state index is -3.20. The summed E-state index contributed by atoms with van der Waals surface area (Å²) in [5, 5.41) is 13.1. The van der Waals surface area contributed by atoms with E-state index < -0.39 is 25.8 Å². The number of hydrogen-bond acceptors (Lipinski definition) is 5. The molecular formula is C12H15FN2O4S. The Labute approximate surface area is 116 Å². The molecule has 6 nitrogen and oxygen atoms in total. The van der Waals surface area contributed by atoms with E-state index in [1.165, 1.54) is 12.3 Å². The highest BCUT2D eigenvalue weighted by molar-refractivity contribution is 7.91. The van der Waals surface area contributed by atoms with Crippen LogP contribution in [0.2, 0.25) is 0 Å². The lowest BCUT2D eigenvalue weighted by atomic mass is 10.2. The Bertz CT molecular complexity index is 632. The number of nitrogens with zero attached hydrogens (tertiary/aromatic N) is 1. The van der Waals surface area contributed by atoms with Crippen molar-refractivity contribution in [2.45, 2.75) is 30.6 Å². The van der Waals surface area contributed by atoms with Gasteiger partial charge in [0.2, 0.25) is 0 Å². The van der Waals surface area contributed by atoms with Crippen molar-refractivity contribution in [3.8, 4) is 0 Å². The minimum absolute atomic E-state index is 0.234.